The molecule has 0 bridgehead atoms. The van der Waals surface area contributed by atoms with Crippen molar-refractivity contribution in [3.05, 3.63) is 24.4 Å². The molecule has 25 heavy (non-hydrogen) atoms. The number of aliphatic hydroxyl groups is 1. The number of hydrogen-bond acceptors (Lipinski definition) is 4. The van der Waals surface area contributed by atoms with Crippen LogP contribution < -0.4 is 10.2 Å². The highest BCUT2D eigenvalue weighted by molar-refractivity contribution is 14.0. The molecule has 0 unspecified atom stereocenters. The SMILES string of the molecule is CCNC(=NCC1(O)CCCC1)N1CCN(c2ccccn2)CC1.I. The van der Waals surface area contributed by atoms with Gasteiger partial charge in [-0.3, -0.25) is 4.99 Å². The van der Waals surface area contributed by atoms with E-state index < -0.39 is 5.60 Å². The maximum absolute atomic E-state index is 10.5. The minimum atomic E-state index is -0.587. The Labute approximate surface area is 167 Å². The second kappa shape index (κ2) is 9.56. The van der Waals surface area contributed by atoms with Crippen molar-refractivity contribution in [3.8, 4) is 0 Å². The second-order valence-electron chi connectivity index (χ2n) is 6.76. The summed E-state index contributed by atoms with van der Waals surface area (Å²) < 4.78 is 0. The highest BCUT2D eigenvalue weighted by atomic mass is 127. The number of aromatic nitrogens is 1. The van der Waals surface area contributed by atoms with Crippen LogP contribution >= 0.6 is 24.0 Å². The Hall–Kier alpha value is -1.09. The highest BCUT2D eigenvalue weighted by Gasteiger charge is 2.31. The largest absolute Gasteiger partial charge is 0.388 e. The number of nitrogens with one attached hydrogen (secondary N) is 1. The van der Waals surface area contributed by atoms with Gasteiger partial charge in [-0.15, -0.1) is 24.0 Å². The van der Waals surface area contributed by atoms with Crippen molar-refractivity contribution in [2.45, 2.75) is 38.2 Å². The van der Waals surface area contributed by atoms with Gasteiger partial charge in [0.05, 0.1) is 12.1 Å². The van der Waals surface area contributed by atoms with Crippen molar-refractivity contribution in [3.63, 3.8) is 0 Å². The van der Waals surface area contributed by atoms with Crippen molar-refractivity contribution in [1.29, 1.82) is 0 Å². The molecule has 2 fully saturated rings. The molecule has 2 aliphatic rings. The number of pyridine rings is 1. The fourth-order valence-electron chi connectivity index (χ4n) is 3.53. The van der Waals surface area contributed by atoms with Crippen LogP contribution in [0.15, 0.2) is 29.4 Å². The molecule has 7 heteroatoms. The van der Waals surface area contributed by atoms with Crippen LogP contribution in [0.5, 0.6) is 0 Å². The molecule has 1 saturated heterocycles. The predicted molar refractivity (Wildman–Crippen MR) is 113 cm³/mol. The zero-order valence-corrected chi connectivity index (χ0v) is 17.4. The van der Waals surface area contributed by atoms with E-state index in [9.17, 15) is 5.11 Å². The van der Waals surface area contributed by atoms with Gasteiger partial charge in [-0.1, -0.05) is 18.9 Å². The number of anilines is 1. The first-order valence-electron chi connectivity index (χ1n) is 9.12. The van der Waals surface area contributed by atoms with Crippen molar-refractivity contribution in [2.24, 2.45) is 4.99 Å². The van der Waals surface area contributed by atoms with Crippen LogP contribution in [0, 0.1) is 0 Å². The molecule has 1 aliphatic heterocycles. The lowest BCUT2D eigenvalue weighted by Crippen LogP contribution is -2.53. The molecule has 1 aliphatic carbocycles. The molecular formula is C18H30IN5O. The van der Waals surface area contributed by atoms with Crippen molar-refractivity contribution in [2.75, 3.05) is 44.2 Å². The minimum Gasteiger partial charge on any atom is -0.388 e. The highest BCUT2D eigenvalue weighted by Crippen LogP contribution is 2.29. The average Bonchev–Trinajstić information content (AvgIpc) is 3.06. The molecule has 1 saturated carbocycles. The van der Waals surface area contributed by atoms with Crippen molar-refractivity contribution < 1.29 is 5.11 Å². The quantitative estimate of drug-likeness (QED) is 0.410. The monoisotopic (exact) mass is 459 g/mol. The topological polar surface area (TPSA) is 64.0 Å². The Morgan fingerprint density at radius 1 is 1.24 bits per heavy atom. The van der Waals surface area contributed by atoms with Gasteiger partial charge >= 0.3 is 0 Å². The second-order valence-corrected chi connectivity index (χ2v) is 6.76. The number of nitrogens with zero attached hydrogens (tertiary/aromatic N) is 4. The lowest BCUT2D eigenvalue weighted by molar-refractivity contribution is 0.0571. The number of guanidine groups is 1. The molecule has 2 N–H and O–H groups in total. The van der Waals surface area contributed by atoms with Crippen LogP contribution in [0.2, 0.25) is 0 Å². The molecule has 0 amide bonds. The molecule has 0 spiro atoms. The summed E-state index contributed by atoms with van der Waals surface area (Å²) in [6, 6.07) is 6.04. The van der Waals surface area contributed by atoms with E-state index in [1.54, 1.807) is 0 Å². The number of rotatable bonds is 4. The lowest BCUT2D eigenvalue weighted by atomic mass is 10.0. The van der Waals surface area contributed by atoms with Crippen LogP contribution in [0.25, 0.3) is 0 Å². The minimum absolute atomic E-state index is 0. The van der Waals surface area contributed by atoms with Gasteiger partial charge in [0.2, 0.25) is 0 Å². The summed E-state index contributed by atoms with van der Waals surface area (Å²) in [6.07, 6.45) is 5.83. The van der Waals surface area contributed by atoms with Gasteiger partial charge in [-0.2, -0.15) is 0 Å². The van der Waals surface area contributed by atoms with Crippen LogP contribution in [-0.2, 0) is 0 Å². The summed E-state index contributed by atoms with van der Waals surface area (Å²) in [4.78, 5) is 13.8. The Morgan fingerprint density at radius 3 is 2.56 bits per heavy atom. The van der Waals surface area contributed by atoms with Gasteiger partial charge in [0.25, 0.3) is 0 Å². The maximum Gasteiger partial charge on any atom is 0.194 e. The Kier molecular flexibility index (Phi) is 7.74. The van der Waals surface area contributed by atoms with Gasteiger partial charge < -0.3 is 20.2 Å². The molecule has 1 aromatic heterocycles. The fourth-order valence-corrected chi connectivity index (χ4v) is 3.53. The normalized spacial score (nSPS) is 20.3. The number of aliphatic imine (C=N–C) groups is 1. The zero-order chi connectivity index (χ0) is 16.8. The smallest absolute Gasteiger partial charge is 0.194 e. The van der Waals surface area contributed by atoms with E-state index in [0.29, 0.717) is 6.54 Å². The fraction of sp³-hybridized carbons (Fsp3) is 0.667. The molecule has 0 aromatic carbocycles. The third kappa shape index (κ3) is 5.44. The third-order valence-corrected chi connectivity index (χ3v) is 4.94. The van der Waals surface area contributed by atoms with Gasteiger partial charge in [0, 0.05) is 38.9 Å². The van der Waals surface area contributed by atoms with Crippen molar-refractivity contribution in [1.82, 2.24) is 15.2 Å². The predicted octanol–water partition coefficient (Wildman–Crippen LogP) is 2.09. The zero-order valence-electron chi connectivity index (χ0n) is 15.0. The van der Waals surface area contributed by atoms with Crippen LogP contribution in [0.1, 0.15) is 32.6 Å². The Balaban J connectivity index is 0.00000225. The number of piperazine rings is 1. The van der Waals surface area contributed by atoms with E-state index >= 15 is 0 Å². The Bertz CT molecular complexity index is 540. The van der Waals surface area contributed by atoms with E-state index in [0.717, 1.165) is 70.2 Å². The summed E-state index contributed by atoms with van der Waals surface area (Å²) in [7, 11) is 0. The molecule has 0 radical (unpaired) electrons. The molecule has 140 valence electrons. The van der Waals surface area contributed by atoms with Crippen LogP contribution in [0.3, 0.4) is 0 Å². The number of hydrogen-bond donors (Lipinski definition) is 2. The molecule has 1 aromatic rings. The molecule has 2 heterocycles. The summed E-state index contributed by atoms with van der Waals surface area (Å²) in [6.45, 7) is 7.15. The standard InChI is InChI=1S/C18H29N5O.HI/c1-2-19-17(21-15-18(24)8-4-5-9-18)23-13-11-22(12-14-23)16-7-3-6-10-20-16;/h3,6-7,10,24H,2,4-5,8-9,11-15H2,1H3,(H,19,21);1H. The van der Waals surface area contributed by atoms with Gasteiger partial charge in [0.15, 0.2) is 5.96 Å². The lowest BCUT2D eigenvalue weighted by Gasteiger charge is -2.37. The first kappa shape index (κ1) is 20.2. The molecule has 6 nitrogen and oxygen atoms in total. The van der Waals surface area contributed by atoms with Gasteiger partial charge in [-0.05, 0) is 31.9 Å². The van der Waals surface area contributed by atoms with Crippen LogP contribution in [0.4, 0.5) is 5.82 Å². The van der Waals surface area contributed by atoms with E-state index in [1.165, 1.54) is 0 Å². The summed E-state index contributed by atoms with van der Waals surface area (Å²) in [5.74, 6) is 1.97. The average molecular weight is 459 g/mol. The summed E-state index contributed by atoms with van der Waals surface area (Å²) >= 11 is 0. The molecule has 3 rings (SSSR count). The first-order chi connectivity index (χ1) is 11.7. The van der Waals surface area contributed by atoms with E-state index in [-0.39, 0.29) is 24.0 Å². The number of halogens is 1. The van der Waals surface area contributed by atoms with E-state index in [2.05, 4.69) is 33.1 Å². The molecular weight excluding hydrogens is 429 g/mol. The van der Waals surface area contributed by atoms with E-state index in [4.69, 9.17) is 4.99 Å². The van der Waals surface area contributed by atoms with Crippen molar-refractivity contribution >= 4 is 35.8 Å². The van der Waals surface area contributed by atoms with Gasteiger partial charge in [-0.25, -0.2) is 4.98 Å². The maximum atomic E-state index is 10.5. The molecule has 0 atom stereocenters. The van der Waals surface area contributed by atoms with Gasteiger partial charge in [0.1, 0.15) is 5.82 Å². The Morgan fingerprint density at radius 2 is 1.96 bits per heavy atom. The van der Waals surface area contributed by atoms with Crippen LogP contribution in [-0.4, -0.2) is 65.8 Å². The summed E-state index contributed by atoms with van der Waals surface area (Å²) in [5.41, 5.74) is -0.587. The van der Waals surface area contributed by atoms with E-state index in [1.807, 2.05) is 18.3 Å². The first-order valence-corrected chi connectivity index (χ1v) is 9.12. The summed E-state index contributed by atoms with van der Waals surface area (Å²) in [5, 5.41) is 13.9. The third-order valence-electron chi connectivity index (χ3n) is 4.94.